The molecule has 4 nitrogen and oxygen atoms in total. The van der Waals surface area contributed by atoms with Gasteiger partial charge in [-0.2, -0.15) is 0 Å². The molecule has 0 aliphatic heterocycles. The summed E-state index contributed by atoms with van der Waals surface area (Å²) in [6.45, 7) is 0. The highest BCUT2D eigenvalue weighted by molar-refractivity contribution is 6.30. The molecule has 2 aromatic rings. The Morgan fingerprint density at radius 2 is 1.95 bits per heavy atom. The molecule has 2 aromatic carbocycles. The number of hydrogen-bond acceptors (Lipinski definition) is 3. The largest absolute Gasteiger partial charge is 0.455 e. The van der Waals surface area contributed by atoms with Gasteiger partial charge in [0, 0.05) is 24.7 Å². The predicted molar refractivity (Wildman–Crippen MR) is 80.4 cm³/mol. The van der Waals surface area contributed by atoms with Crippen molar-refractivity contribution in [2.24, 2.45) is 0 Å². The SMILES string of the molecule is CN(C)C(=O)c1cccc(Oc2ccc(Cl)cc2N)c1. The van der Waals surface area contributed by atoms with E-state index in [4.69, 9.17) is 22.1 Å². The van der Waals surface area contributed by atoms with E-state index in [0.717, 1.165) is 0 Å². The van der Waals surface area contributed by atoms with Crippen molar-refractivity contribution in [1.29, 1.82) is 0 Å². The number of nitrogens with two attached hydrogens (primary N) is 1. The number of ether oxygens (including phenoxy) is 1. The lowest BCUT2D eigenvalue weighted by molar-refractivity contribution is 0.0827. The van der Waals surface area contributed by atoms with E-state index in [9.17, 15) is 4.79 Å². The fourth-order valence-electron chi connectivity index (χ4n) is 1.69. The minimum atomic E-state index is -0.0838. The van der Waals surface area contributed by atoms with Gasteiger partial charge < -0.3 is 15.4 Å². The van der Waals surface area contributed by atoms with E-state index < -0.39 is 0 Å². The van der Waals surface area contributed by atoms with Crippen LogP contribution in [0.25, 0.3) is 0 Å². The molecule has 0 atom stereocenters. The summed E-state index contributed by atoms with van der Waals surface area (Å²) in [5, 5.41) is 0.548. The van der Waals surface area contributed by atoms with Gasteiger partial charge in [-0.05, 0) is 36.4 Å². The Morgan fingerprint density at radius 1 is 1.20 bits per heavy atom. The second kappa shape index (κ2) is 5.84. The second-order valence-corrected chi connectivity index (χ2v) is 4.95. The van der Waals surface area contributed by atoms with Crippen LogP contribution >= 0.6 is 11.6 Å². The van der Waals surface area contributed by atoms with Crippen LogP contribution in [0.15, 0.2) is 42.5 Å². The maximum atomic E-state index is 11.9. The molecule has 0 fully saturated rings. The van der Waals surface area contributed by atoms with E-state index in [-0.39, 0.29) is 5.91 Å². The zero-order valence-corrected chi connectivity index (χ0v) is 12.0. The molecule has 0 saturated carbocycles. The van der Waals surface area contributed by atoms with Crippen molar-refractivity contribution in [1.82, 2.24) is 4.90 Å². The number of anilines is 1. The summed E-state index contributed by atoms with van der Waals surface area (Å²) in [7, 11) is 3.40. The van der Waals surface area contributed by atoms with Gasteiger partial charge in [0.05, 0.1) is 5.69 Å². The van der Waals surface area contributed by atoms with Crippen molar-refractivity contribution in [3.63, 3.8) is 0 Å². The first kappa shape index (κ1) is 14.2. The highest BCUT2D eigenvalue weighted by Gasteiger charge is 2.09. The Balaban J connectivity index is 2.26. The lowest BCUT2D eigenvalue weighted by Crippen LogP contribution is -2.21. The molecule has 104 valence electrons. The van der Waals surface area contributed by atoms with Gasteiger partial charge in [0.25, 0.3) is 5.91 Å². The number of benzene rings is 2. The highest BCUT2D eigenvalue weighted by Crippen LogP contribution is 2.30. The van der Waals surface area contributed by atoms with E-state index >= 15 is 0 Å². The lowest BCUT2D eigenvalue weighted by Gasteiger charge is -2.12. The Hall–Kier alpha value is -2.20. The van der Waals surface area contributed by atoms with Crippen molar-refractivity contribution < 1.29 is 9.53 Å². The first-order valence-corrected chi connectivity index (χ1v) is 6.40. The Bertz CT molecular complexity index is 642. The number of amides is 1. The summed E-state index contributed by atoms with van der Waals surface area (Å²) in [5.74, 6) is 0.968. The molecule has 0 saturated heterocycles. The number of carbonyl (C=O) groups excluding carboxylic acids is 1. The van der Waals surface area contributed by atoms with Crippen LogP contribution in [0.4, 0.5) is 5.69 Å². The van der Waals surface area contributed by atoms with Gasteiger partial charge in [0.15, 0.2) is 0 Å². The molecule has 20 heavy (non-hydrogen) atoms. The lowest BCUT2D eigenvalue weighted by atomic mass is 10.2. The number of nitrogens with zero attached hydrogens (tertiary/aromatic N) is 1. The van der Waals surface area contributed by atoms with Crippen LogP contribution in [0.5, 0.6) is 11.5 Å². The molecular formula is C15H15ClN2O2. The Kier molecular flexibility index (Phi) is 4.15. The smallest absolute Gasteiger partial charge is 0.253 e. The third kappa shape index (κ3) is 3.22. The van der Waals surface area contributed by atoms with Gasteiger partial charge in [-0.3, -0.25) is 4.79 Å². The zero-order chi connectivity index (χ0) is 14.7. The van der Waals surface area contributed by atoms with Crippen LogP contribution in [-0.2, 0) is 0 Å². The summed E-state index contributed by atoms with van der Waals surface area (Å²) in [4.78, 5) is 13.4. The maximum Gasteiger partial charge on any atom is 0.253 e. The molecule has 5 heteroatoms. The average molecular weight is 291 g/mol. The van der Waals surface area contributed by atoms with Crippen LogP contribution in [-0.4, -0.2) is 24.9 Å². The van der Waals surface area contributed by atoms with Gasteiger partial charge in [0.1, 0.15) is 11.5 Å². The molecule has 0 spiro atoms. The number of halogens is 1. The molecule has 0 aromatic heterocycles. The minimum Gasteiger partial charge on any atom is -0.455 e. The van der Waals surface area contributed by atoms with Gasteiger partial charge in [-0.25, -0.2) is 0 Å². The summed E-state index contributed by atoms with van der Waals surface area (Å²) >= 11 is 5.84. The van der Waals surface area contributed by atoms with Crippen molar-refractivity contribution in [2.75, 3.05) is 19.8 Å². The summed E-state index contributed by atoms with van der Waals surface area (Å²) in [6, 6.07) is 11.9. The van der Waals surface area contributed by atoms with Crippen LogP contribution in [0, 0.1) is 0 Å². The van der Waals surface area contributed by atoms with Gasteiger partial charge >= 0.3 is 0 Å². The minimum absolute atomic E-state index is 0.0838. The van der Waals surface area contributed by atoms with Gasteiger partial charge in [-0.15, -0.1) is 0 Å². The number of nitrogen functional groups attached to an aromatic ring is 1. The Morgan fingerprint density at radius 3 is 2.60 bits per heavy atom. The third-order valence-corrected chi connectivity index (χ3v) is 2.92. The molecule has 0 aliphatic carbocycles. The van der Waals surface area contributed by atoms with E-state index in [0.29, 0.717) is 27.8 Å². The van der Waals surface area contributed by atoms with Crippen molar-refractivity contribution in [2.45, 2.75) is 0 Å². The standard InChI is InChI=1S/C15H15ClN2O2/c1-18(2)15(19)10-4-3-5-12(8-10)20-14-7-6-11(16)9-13(14)17/h3-9H,17H2,1-2H3. The first-order chi connectivity index (χ1) is 9.47. The van der Waals surface area contributed by atoms with E-state index in [2.05, 4.69) is 0 Å². The average Bonchev–Trinajstić information content (AvgIpc) is 2.41. The number of hydrogen-bond donors (Lipinski definition) is 1. The van der Waals surface area contributed by atoms with Crippen molar-refractivity contribution in [3.05, 3.63) is 53.1 Å². The van der Waals surface area contributed by atoms with E-state index in [1.807, 2.05) is 0 Å². The monoisotopic (exact) mass is 290 g/mol. The summed E-state index contributed by atoms with van der Waals surface area (Å²) in [6.07, 6.45) is 0. The second-order valence-electron chi connectivity index (χ2n) is 4.51. The number of carbonyl (C=O) groups is 1. The van der Waals surface area contributed by atoms with E-state index in [1.165, 1.54) is 4.90 Å². The molecule has 0 unspecified atom stereocenters. The molecule has 2 N–H and O–H groups in total. The highest BCUT2D eigenvalue weighted by atomic mass is 35.5. The maximum absolute atomic E-state index is 11.9. The third-order valence-electron chi connectivity index (χ3n) is 2.69. The summed E-state index contributed by atoms with van der Waals surface area (Å²) in [5.41, 5.74) is 6.83. The molecule has 0 heterocycles. The van der Waals surface area contributed by atoms with E-state index in [1.54, 1.807) is 56.6 Å². The number of rotatable bonds is 3. The Labute approximate surface area is 122 Å². The molecule has 0 aliphatic rings. The molecule has 1 amide bonds. The fourth-order valence-corrected chi connectivity index (χ4v) is 1.87. The topological polar surface area (TPSA) is 55.6 Å². The fraction of sp³-hybridized carbons (Fsp3) is 0.133. The van der Waals surface area contributed by atoms with Crippen LogP contribution in [0.1, 0.15) is 10.4 Å². The molecule has 0 radical (unpaired) electrons. The molecule has 0 bridgehead atoms. The molecule has 2 rings (SSSR count). The van der Waals surface area contributed by atoms with Crippen molar-refractivity contribution in [3.8, 4) is 11.5 Å². The van der Waals surface area contributed by atoms with Crippen LogP contribution in [0.3, 0.4) is 0 Å². The molecular weight excluding hydrogens is 276 g/mol. The first-order valence-electron chi connectivity index (χ1n) is 6.02. The van der Waals surface area contributed by atoms with Crippen molar-refractivity contribution >= 4 is 23.2 Å². The quantitative estimate of drug-likeness (QED) is 0.881. The zero-order valence-electron chi connectivity index (χ0n) is 11.3. The van der Waals surface area contributed by atoms with Gasteiger partial charge in [0.2, 0.25) is 0 Å². The van der Waals surface area contributed by atoms with Crippen LogP contribution in [0.2, 0.25) is 5.02 Å². The van der Waals surface area contributed by atoms with Crippen LogP contribution < -0.4 is 10.5 Å². The van der Waals surface area contributed by atoms with Gasteiger partial charge in [-0.1, -0.05) is 17.7 Å². The predicted octanol–water partition coefficient (Wildman–Crippen LogP) is 3.42. The normalized spacial score (nSPS) is 10.2. The summed E-state index contributed by atoms with van der Waals surface area (Å²) < 4.78 is 5.68.